The van der Waals surface area contributed by atoms with E-state index in [1.54, 1.807) is 24.7 Å². The van der Waals surface area contributed by atoms with Crippen LogP contribution >= 0.6 is 30.2 Å². The van der Waals surface area contributed by atoms with E-state index < -0.39 is 31.3 Å². The summed E-state index contributed by atoms with van der Waals surface area (Å²) in [6, 6.07) is -0.457. The first-order valence-corrected chi connectivity index (χ1v) is 12.0. The minimum absolute atomic E-state index is 0.0718. The van der Waals surface area contributed by atoms with Crippen LogP contribution in [-0.2, 0) is 13.6 Å². The molecule has 10 nitrogen and oxygen atoms in total. The standard InChI is InChI=1S/C16H23IN5O5P/c1-3-26-28(25,27-4-2)6-16-5-8(16)10(11(23)12(16)24)22-7-19-9-13(18)20-15(17)21-14(9)22/h7-8,10-12,23-24H,3-6H2,1-2H3,(H2,18,20,21)/t8-,10-,11+,12+,16?/m1/s1. The van der Waals surface area contributed by atoms with E-state index in [0.29, 0.717) is 21.4 Å². The van der Waals surface area contributed by atoms with Gasteiger partial charge >= 0.3 is 7.60 Å². The molecule has 2 aliphatic carbocycles. The third-order valence-electron chi connectivity index (χ3n) is 5.73. The molecule has 154 valence electrons. The molecule has 0 saturated heterocycles. The predicted octanol–water partition coefficient (Wildman–Crippen LogP) is 1.56. The second kappa shape index (κ2) is 7.13. The quantitative estimate of drug-likeness (QED) is 0.280. The van der Waals surface area contributed by atoms with Crippen molar-refractivity contribution in [2.45, 2.75) is 38.5 Å². The summed E-state index contributed by atoms with van der Waals surface area (Å²) in [6.07, 6.45) is 0.139. The molecule has 0 radical (unpaired) electrons. The highest BCUT2D eigenvalue weighted by atomic mass is 127. The van der Waals surface area contributed by atoms with Gasteiger partial charge in [0.15, 0.2) is 15.3 Å². The van der Waals surface area contributed by atoms with E-state index in [4.69, 9.17) is 14.8 Å². The van der Waals surface area contributed by atoms with Gasteiger partial charge in [-0.2, -0.15) is 0 Å². The van der Waals surface area contributed by atoms with Gasteiger partial charge in [-0.05, 0) is 26.2 Å². The monoisotopic (exact) mass is 523 g/mol. The number of nitrogen functional groups attached to an aromatic ring is 1. The molecule has 0 aromatic carbocycles. The number of rotatable bonds is 7. The predicted molar refractivity (Wildman–Crippen MR) is 110 cm³/mol. The zero-order chi connectivity index (χ0) is 20.3. The first kappa shape index (κ1) is 20.4. The van der Waals surface area contributed by atoms with Crippen LogP contribution in [0.15, 0.2) is 6.33 Å². The Hall–Kier alpha value is -0.850. The van der Waals surface area contributed by atoms with Crippen LogP contribution in [0, 0.1) is 15.2 Å². The molecule has 28 heavy (non-hydrogen) atoms. The molecule has 1 unspecified atom stereocenters. The summed E-state index contributed by atoms with van der Waals surface area (Å²) in [4.78, 5) is 12.8. The van der Waals surface area contributed by atoms with Gasteiger partial charge in [-0.15, -0.1) is 0 Å². The van der Waals surface area contributed by atoms with Crippen LogP contribution in [-0.4, -0.2) is 61.3 Å². The Balaban J connectivity index is 1.69. The molecule has 0 amide bonds. The number of hydrogen-bond donors (Lipinski definition) is 3. The fourth-order valence-electron chi connectivity index (χ4n) is 4.56. The third kappa shape index (κ3) is 3.07. The lowest BCUT2D eigenvalue weighted by molar-refractivity contribution is -0.0141. The van der Waals surface area contributed by atoms with Gasteiger partial charge in [-0.3, -0.25) is 4.57 Å². The molecule has 2 saturated carbocycles. The van der Waals surface area contributed by atoms with E-state index in [1.165, 1.54) is 0 Å². The molecule has 0 spiro atoms. The summed E-state index contributed by atoms with van der Waals surface area (Å²) in [5.74, 6) is 0.165. The van der Waals surface area contributed by atoms with Gasteiger partial charge in [0.25, 0.3) is 0 Å². The van der Waals surface area contributed by atoms with Gasteiger partial charge in [-0.25, -0.2) is 15.0 Å². The largest absolute Gasteiger partial charge is 0.390 e. The lowest BCUT2D eigenvalue weighted by atomic mass is 10.0. The van der Waals surface area contributed by atoms with Crippen molar-refractivity contribution in [3.05, 3.63) is 10.2 Å². The van der Waals surface area contributed by atoms with E-state index in [-0.39, 0.29) is 31.1 Å². The van der Waals surface area contributed by atoms with Gasteiger partial charge in [0, 0.05) is 28.0 Å². The van der Waals surface area contributed by atoms with Crippen LogP contribution in [0.1, 0.15) is 26.3 Å². The maximum atomic E-state index is 13.1. The molecular weight excluding hydrogens is 500 g/mol. The highest BCUT2D eigenvalue weighted by Crippen LogP contribution is 2.73. The average Bonchev–Trinajstić information content (AvgIpc) is 3.08. The number of imidazole rings is 1. The van der Waals surface area contributed by atoms with Crippen molar-refractivity contribution in [3.8, 4) is 0 Å². The average molecular weight is 523 g/mol. The molecule has 2 aromatic heterocycles. The molecule has 2 fully saturated rings. The lowest BCUT2D eigenvalue weighted by Gasteiger charge is -2.26. The third-order valence-corrected chi connectivity index (χ3v) is 8.50. The van der Waals surface area contributed by atoms with E-state index >= 15 is 0 Å². The summed E-state index contributed by atoms with van der Waals surface area (Å²) >= 11 is 1.97. The molecule has 4 rings (SSSR count). The second-order valence-corrected chi connectivity index (χ2v) is 10.3. The number of hydrogen-bond acceptors (Lipinski definition) is 9. The van der Waals surface area contributed by atoms with E-state index in [9.17, 15) is 14.8 Å². The van der Waals surface area contributed by atoms with E-state index in [0.717, 1.165) is 0 Å². The molecule has 2 heterocycles. The minimum atomic E-state index is -3.37. The Labute approximate surface area is 175 Å². The molecule has 2 aromatic rings. The van der Waals surface area contributed by atoms with Gasteiger partial charge < -0.3 is 29.6 Å². The smallest absolute Gasteiger partial charge is 0.331 e. The van der Waals surface area contributed by atoms with Gasteiger partial charge in [-0.1, -0.05) is 0 Å². The summed E-state index contributed by atoms with van der Waals surface area (Å²) in [6.45, 7) is 4.00. The number of halogens is 1. The zero-order valence-corrected chi connectivity index (χ0v) is 18.6. The molecular formula is C16H23IN5O5P. The highest BCUT2D eigenvalue weighted by Gasteiger charge is 2.73. The minimum Gasteiger partial charge on any atom is -0.390 e. The number of nitrogens with zero attached hydrogens (tertiary/aromatic N) is 4. The molecule has 12 heteroatoms. The fraction of sp³-hybridized carbons (Fsp3) is 0.688. The number of aromatic nitrogens is 4. The van der Waals surface area contributed by atoms with E-state index in [2.05, 4.69) is 15.0 Å². The fourth-order valence-corrected chi connectivity index (χ4v) is 7.37. The lowest BCUT2D eigenvalue weighted by Crippen LogP contribution is -2.35. The Kier molecular flexibility index (Phi) is 5.20. The molecule has 4 N–H and O–H groups in total. The number of fused-ring (bicyclic) bond motifs is 2. The maximum Gasteiger partial charge on any atom is 0.331 e. The van der Waals surface area contributed by atoms with Gasteiger partial charge in [0.1, 0.15) is 11.6 Å². The molecule has 0 aliphatic heterocycles. The summed E-state index contributed by atoms with van der Waals surface area (Å²) in [5.41, 5.74) is 6.18. The zero-order valence-electron chi connectivity index (χ0n) is 15.5. The Morgan fingerprint density at radius 2 is 2.04 bits per heavy atom. The number of aliphatic hydroxyl groups is 2. The first-order chi connectivity index (χ1) is 13.3. The van der Waals surface area contributed by atoms with Crippen molar-refractivity contribution >= 4 is 47.2 Å². The Morgan fingerprint density at radius 1 is 1.36 bits per heavy atom. The summed E-state index contributed by atoms with van der Waals surface area (Å²) in [7, 11) is -3.37. The van der Waals surface area contributed by atoms with Crippen LogP contribution in [0.5, 0.6) is 0 Å². The van der Waals surface area contributed by atoms with Crippen LogP contribution < -0.4 is 5.73 Å². The van der Waals surface area contributed by atoms with Gasteiger partial charge in [0.05, 0.1) is 37.8 Å². The van der Waals surface area contributed by atoms with Crippen molar-refractivity contribution in [1.29, 1.82) is 0 Å². The normalized spacial score (nSPS) is 32.0. The second-order valence-electron chi connectivity index (χ2n) is 7.28. The SMILES string of the molecule is CCOP(=O)(CC12C[C@@H]1[C@@H](n1cnc3c(N)nc(I)nc31)[C@H](O)[C@@H]2O)OCC. The summed E-state index contributed by atoms with van der Waals surface area (Å²) < 4.78 is 26.1. The van der Waals surface area contributed by atoms with Crippen molar-refractivity contribution in [1.82, 2.24) is 19.5 Å². The van der Waals surface area contributed by atoms with Crippen LogP contribution in [0.2, 0.25) is 0 Å². The van der Waals surface area contributed by atoms with Crippen molar-refractivity contribution in [2.75, 3.05) is 25.1 Å². The van der Waals surface area contributed by atoms with Crippen LogP contribution in [0.25, 0.3) is 11.2 Å². The number of aliphatic hydroxyl groups excluding tert-OH is 2. The molecule has 0 bridgehead atoms. The van der Waals surface area contributed by atoms with Crippen LogP contribution in [0.3, 0.4) is 0 Å². The highest BCUT2D eigenvalue weighted by molar-refractivity contribution is 14.1. The van der Waals surface area contributed by atoms with Crippen molar-refractivity contribution < 1.29 is 23.8 Å². The van der Waals surface area contributed by atoms with Crippen molar-refractivity contribution in [2.24, 2.45) is 11.3 Å². The molecule has 5 atom stereocenters. The van der Waals surface area contributed by atoms with E-state index in [1.807, 2.05) is 22.6 Å². The maximum absolute atomic E-state index is 13.1. The topological polar surface area (TPSA) is 146 Å². The first-order valence-electron chi connectivity index (χ1n) is 9.16. The Bertz CT molecular complexity index is 947. The Morgan fingerprint density at radius 3 is 2.68 bits per heavy atom. The number of anilines is 1. The molecule has 2 aliphatic rings. The van der Waals surface area contributed by atoms with Gasteiger partial charge in [0.2, 0.25) is 0 Å². The summed E-state index contributed by atoms with van der Waals surface area (Å²) in [5, 5.41) is 21.6. The number of nitrogens with two attached hydrogens (primary N) is 1. The van der Waals surface area contributed by atoms with Crippen LogP contribution in [0.4, 0.5) is 5.82 Å². The van der Waals surface area contributed by atoms with Crippen molar-refractivity contribution in [3.63, 3.8) is 0 Å².